The van der Waals surface area contributed by atoms with Crippen molar-refractivity contribution in [2.75, 3.05) is 23.7 Å². The monoisotopic (exact) mass is 275 g/mol. The Balaban J connectivity index is 2.38. The Morgan fingerprint density at radius 3 is 2.95 bits per heavy atom. The maximum atomic E-state index is 9.50. The molecule has 1 aromatic rings. The van der Waals surface area contributed by atoms with Crippen LogP contribution in [0.2, 0.25) is 0 Å². The second-order valence-corrected chi connectivity index (χ2v) is 6.31. The van der Waals surface area contributed by atoms with E-state index in [0.29, 0.717) is 12.1 Å². The van der Waals surface area contributed by atoms with Gasteiger partial charge in [-0.15, -0.1) is 11.8 Å². The van der Waals surface area contributed by atoms with Crippen LogP contribution in [0.4, 0.5) is 5.69 Å². The molecule has 19 heavy (non-hydrogen) atoms. The van der Waals surface area contributed by atoms with Gasteiger partial charge in [-0.1, -0.05) is 13.0 Å². The largest absolute Gasteiger partial charge is 0.365 e. The molecule has 0 aromatic heterocycles. The number of benzene rings is 1. The lowest BCUT2D eigenvalue weighted by molar-refractivity contribution is 0.425. The van der Waals surface area contributed by atoms with Gasteiger partial charge in [0.05, 0.1) is 11.3 Å². The molecule has 0 aliphatic carbocycles. The smallest absolute Gasteiger partial charge is 0.103 e. The van der Waals surface area contributed by atoms with Crippen molar-refractivity contribution in [3.63, 3.8) is 0 Å². The van der Waals surface area contributed by atoms with Gasteiger partial charge in [-0.05, 0) is 31.7 Å². The maximum absolute atomic E-state index is 9.50. The minimum atomic E-state index is 0.421. The average Bonchev–Trinajstić information content (AvgIpc) is 2.41. The second-order valence-electron chi connectivity index (χ2n) is 5.01. The van der Waals surface area contributed by atoms with E-state index in [2.05, 4.69) is 49.2 Å². The average molecular weight is 275 g/mol. The van der Waals surface area contributed by atoms with Crippen LogP contribution < -0.4 is 10.2 Å². The number of piperazine rings is 1. The molecule has 1 saturated heterocycles. The Bertz CT molecular complexity index is 481. The summed E-state index contributed by atoms with van der Waals surface area (Å²) in [5.41, 5.74) is 1.91. The van der Waals surface area contributed by atoms with Crippen LogP contribution in [0.3, 0.4) is 0 Å². The van der Waals surface area contributed by atoms with Crippen molar-refractivity contribution in [2.45, 2.75) is 37.8 Å². The van der Waals surface area contributed by atoms with Gasteiger partial charge in [0.2, 0.25) is 0 Å². The normalized spacial score (nSPS) is 23.2. The summed E-state index contributed by atoms with van der Waals surface area (Å²) in [6.45, 7) is 8.44. The molecule has 3 nitrogen and oxygen atoms in total. The first-order valence-corrected chi connectivity index (χ1v) is 7.81. The third-order valence-electron chi connectivity index (χ3n) is 3.49. The lowest BCUT2D eigenvalue weighted by atomic mass is 10.1. The van der Waals surface area contributed by atoms with Gasteiger partial charge in [0.1, 0.15) is 6.07 Å². The van der Waals surface area contributed by atoms with E-state index in [1.165, 1.54) is 0 Å². The van der Waals surface area contributed by atoms with Crippen LogP contribution >= 0.6 is 11.8 Å². The Morgan fingerprint density at radius 1 is 1.47 bits per heavy atom. The first-order valence-electron chi connectivity index (χ1n) is 6.83. The molecule has 1 aliphatic heterocycles. The van der Waals surface area contributed by atoms with Crippen molar-refractivity contribution in [1.29, 1.82) is 5.26 Å². The number of hydrogen-bond acceptors (Lipinski definition) is 4. The Kier molecular flexibility index (Phi) is 4.73. The fourth-order valence-corrected chi connectivity index (χ4v) is 3.28. The highest BCUT2D eigenvalue weighted by Gasteiger charge is 2.25. The molecule has 2 rings (SSSR count). The Morgan fingerprint density at radius 2 is 2.26 bits per heavy atom. The number of nitriles is 1. The van der Waals surface area contributed by atoms with Gasteiger partial charge >= 0.3 is 0 Å². The Labute approximate surface area is 120 Å². The molecule has 0 spiro atoms. The third kappa shape index (κ3) is 3.05. The van der Waals surface area contributed by atoms with Gasteiger partial charge in [0, 0.05) is 30.1 Å². The number of anilines is 1. The van der Waals surface area contributed by atoms with Crippen LogP contribution in [-0.4, -0.2) is 30.9 Å². The summed E-state index contributed by atoms with van der Waals surface area (Å²) in [7, 11) is 0. The molecular weight excluding hydrogens is 254 g/mol. The molecule has 0 radical (unpaired) electrons. The predicted octanol–water partition coefficient (Wildman–Crippen LogP) is 2.86. The molecule has 1 N–H and O–H groups in total. The highest BCUT2D eigenvalue weighted by molar-refractivity contribution is 7.99. The van der Waals surface area contributed by atoms with Crippen molar-refractivity contribution in [1.82, 2.24) is 5.32 Å². The summed E-state index contributed by atoms with van der Waals surface area (Å²) in [4.78, 5) is 3.46. The SMILES string of the molecule is CCSc1cccc(N2CC(C)NCC2C)c1C#N. The number of rotatable bonds is 3. The maximum Gasteiger partial charge on any atom is 0.103 e. The van der Waals surface area contributed by atoms with E-state index in [-0.39, 0.29) is 0 Å². The van der Waals surface area contributed by atoms with Crippen molar-refractivity contribution < 1.29 is 0 Å². The molecule has 4 heteroatoms. The summed E-state index contributed by atoms with van der Waals surface area (Å²) >= 11 is 1.74. The van der Waals surface area contributed by atoms with Crippen LogP contribution in [0.15, 0.2) is 23.1 Å². The van der Waals surface area contributed by atoms with E-state index < -0.39 is 0 Å². The lowest BCUT2D eigenvalue weighted by Crippen LogP contribution is -2.54. The van der Waals surface area contributed by atoms with Crippen molar-refractivity contribution >= 4 is 17.4 Å². The standard InChI is InChI=1S/C15H21N3S/c1-4-19-15-7-5-6-14(13(15)8-16)18-10-11(2)17-9-12(18)3/h5-7,11-12,17H,4,9-10H2,1-3H3. The van der Waals surface area contributed by atoms with Crippen molar-refractivity contribution in [2.24, 2.45) is 0 Å². The zero-order valence-corrected chi connectivity index (χ0v) is 12.6. The predicted molar refractivity (Wildman–Crippen MR) is 81.8 cm³/mol. The van der Waals surface area contributed by atoms with Crippen LogP contribution in [0.25, 0.3) is 0 Å². The molecule has 2 atom stereocenters. The van der Waals surface area contributed by atoms with Gasteiger partial charge in [-0.2, -0.15) is 5.26 Å². The van der Waals surface area contributed by atoms with Gasteiger partial charge in [-0.3, -0.25) is 0 Å². The summed E-state index contributed by atoms with van der Waals surface area (Å²) in [6.07, 6.45) is 0. The van der Waals surface area contributed by atoms with E-state index >= 15 is 0 Å². The Hall–Kier alpha value is -1.18. The van der Waals surface area contributed by atoms with Gasteiger partial charge in [0.25, 0.3) is 0 Å². The molecule has 102 valence electrons. The zero-order chi connectivity index (χ0) is 13.8. The van der Waals surface area contributed by atoms with Gasteiger partial charge in [0.15, 0.2) is 0 Å². The van der Waals surface area contributed by atoms with E-state index in [4.69, 9.17) is 0 Å². The molecule has 2 unspecified atom stereocenters. The van der Waals surface area contributed by atoms with Crippen LogP contribution in [-0.2, 0) is 0 Å². The molecule has 1 aromatic carbocycles. The van der Waals surface area contributed by atoms with Crippen LogP contribution in [0, 0.1) is 11.3 Å². The topological polar surface area (TPSA) is 39.1 Å². The van der Waals surface area contributed by atoms with Crippen molar-refractivity contribution in [3.8, 4) is 6.07 Å². The minimum absolute atomic E-state index is 0.421. The molecule has 0 amide bonds. The molecular formula is C15H21N3S. The number of thioether (sulfide) groups is 1. The van der Waals surface area contributed by atoms with E-state index in [1.807, 2.05) is 6.07 Å². The van der Waals surface area contributed by atoms with Crippen LogP contribution in [0.5, 0.6) is 0 Å². The van der Waals surface area contributed by atoms with Crippen molar-refractivity contribution in [3.05, 3.63) is 23.8 Å². The first-order chi connectivity index (χ1) is 9.17. The number of nitrogens with one attached hydrogen (secondary N) is 1. The summed E-state index contributed by atoms with van der Waals surface area (Å²) in [5.74, 6) is 0.992. The van der Waals surface area contributed by atoms with Gasteiger partial charge in [-0.25, -0.2) is 0 Å². The molecule has 0 saturated carbocycles. The van der Waals surface area contributed by atoms with Crippen LogP contribution in [0.1, 0.15) is 26.3 Å². The summed E-state index contributed by atoms with van der Waals surface area (Å²) < 4.78 is 0. The first kappa shape index (κ1) is 14.2. The molecule has 0 bridgehead atoms. The summed E-state index contributed by atoms with van der Waals surface area (Å²) in [6, 6.07) is 9.47. The molecule has 1 fully saturated rings. The minimum Gasteiger partial charge on any atom is -0.365 e. The molecule has 1 aliphatic rings. The fourth-order valence-electron chi connectivity index (χ4n) is 2.50. The quantitative estimate of drug-likeness (QED) is 0.861. The van der Waals surface area contributed by atoms with E-state index in [9.17, 15) is 5.26 Å². The molecule has 1 heterocycles. The second kappa shape index (κ2) is 6.31. The van der Waals surface area contributed by atoms with E-state index in [0.717, 1.165) is 35.0 Å². The van der Waals surface area contributed by atoms with Gasteiger partial charge < -0.3 is 10.2 Å². The zero-order valence-electron chi connectivity index (χ0n) is 11.8. The highest BCUT2D eigenvalue weighted by Crippen LogP contribution is 2.31. The van der Waals surface area contributed by atoms with E-state index in [1.54, 1.807) is 11.8 Å². The lowest BCUT2D eigenvalue weighted by Gasteiger charge is -2.39. The number of hydrogen-bond donors (Lipinski definition) is 1. The number of nitrogens with zero attached hydrogens (tertiary/aromatic N) is 2. The summed E-state index contributed by atoms with van der Waals surface area (Å²) in [5, 5.41) is 13.0. The highest BCUT2D eigenvalue weighted by atomic mass is 32.2. The third-order valence-corrected chi connectivity index (χ3v) is 4.43. The fraction of sp³-hybridized carbons (Fsp3) is 0.533.